The first-order valence-electron chi connectivity index (χ1n) is 6.56. The van der Waals surface area contributed by atoms with Gasteiger partial charge in [0.15, 0.2) is 11.5 Å². The van der Waals surface area contributed by atoms with Crippen LogP contribution in [0, 0.1) is 0 Å². The van der Waals surface area contributed by atoms with E-state index < -0.39 is 0 Å². The highest BCUT2D eigenvalue weighted by Gasteiger charge is 2.01. The molecule has 0 radical (unpaired) electrons. The van der Waals surface area contributed by atoms with Crippen LogP contribution in [0.25, 0.3) is 11.3 Å². The molecule has 3 heterocycles. The number of rotatable bonds is 3. The highest BCUT2D eigenvalue weighted by Crippen LogP contribution is 2.18. The monoisotopic (exact) mass is 276 g/mol. The number of anilines is 2. The minimum atomic E-state index is 0.762. The van der Waals surface area contributed by atoms with E-state index in [1.807, 2.05) is 59.5 Å². The summed E-state index contributed by atoms with van der Waals surface area (Å²) >= 11 is 0. The number of hydrogen-bond donors (Lipinski definition) is 1. The van der Waals surface area contributed by atoms with Gasteiger partial charge in [-0.05, 0) is 36.4 Å². The lowest BCUT2D eigenvalue weighted by Gasteiger charge is -2.08. The van der Waals surface area contributed by atoms with Gasteiger partial charge in [0.25, 0.3) is 0 Å². The normalized spacial score (nSPS) is 10.9. The number of aromatic nitrogens is 5. The van der Waals surface area contributed by atoms with Crippen molar-refractivity contribution in [2.75, 3.05) is 5.32 Å². The van der Waals surface area contributed by atoms with Crippen LogP contribution in [-0.4, -0.2) is 24.4 Å². The van der Waals surface area contributed by atoms with E-state index in [9.17, 15) is 0 Å². The van der Waals surface area contributed by atoms with Crippen LogP contribution in [0.15, 0.2) is 67.3 Å². The van der Waals surface area contributed by atoms with Crippen LogP contribution in [-0.2, 0) is 0 Å². The standard InChI is InChI=1S/C15H12N6/c1-3-12(11-13(4-1)20-9-2-7-17-20)18-14-5-6-15-16-8-10-21(15)19-14/h1-11H,(H,18,19). The maximum atomic E-state index is 4.44. The number of hydrogen-bond acceptors (Lipinski definition) is 4. The van der Waals surface area contributed by atoms with E-state index in [1.165, 1.54) is 0 Å². The summed E-state index contributed by atoms with van der Waals surface area (Å²) in [6.45, 7) is 0. The minimum Gasteiger partial charge on any atom is -0.339 e. The molecule has 1 N–H and O–H groups in total. The van der Waals surface area contributed by atoms with Crippen molar-refractivity contribution < 1.29 is 0 Å². The SMILES string of the molecule is c1cc(Nc2ccc3nccn3n2)cc(-n2cccn2)c1. The van der Waals surface area contributed by atoms with Crippen LogP contribution in [0.4, 0.5) is 11.5 Å². The van der Waals surface area contributed by atoms with Gasteiger partial charge >= 0.3 is 0 Å². The lowest BCUT2D eigenvalue weighted by molar-refractivity contribution is 0.880. The second-order valence-electron chi connectivity index (χ2n) is 4.57. The summed E-state index contributed by atoms with van der Waals surface area (Å²) < 4.78 is 3.55. The molecule has 0 saturated carbocycles. The van der Waals surface area contributed by atoms with E-state index in [1.54, 1.807) is 16.9 Å². The Morgan fingerprint density at radius 2 is 1.95 bits per heavy atom. The number of nitrogens with one attached hydrogen (secondary N) is 1. The van der Waals surface area contributed by atoms with E-state index >= 15 is 0 Å². The second kappa shape index (κ2) is 4.75. The highest BCUT2D eigenvalue weighted by atomic mass is 15.3. The minimum absolute atomic E-state index is 0.762. The predicted octanol–water partition coefficient (Wildman–Crippen LogP) is 2.66. The van der Waals surface area contributed by atoms with E-state index in [0.29, 0.717) is 0 Å². The second-order valence-corrected chi connectivity index (χ2v) is 4.57. The van der Waals surface area contributed by atoms with E-state index in [-0.39, 0.29) is 0 Å². The molecule has 0 atom stereocenters. The third-order valence-electron chi connectivity index (χ3n) is 3.14. The molecule has 4 aromatic rings. The molecular formula is C15H12N6. The van der Waals surface area contributed by atoms with Gasteiger partial charge < -0.3 is 5.32 Å². The largest absolute Gasteiger partial charge is 0.339 e. The highest BCUT2D eigenvalue weighted by molar-refractivity contribution is 5.60. The van der Waals surface area contributed by atoms with E-state index in [0.717, 1.165) is 22.8 Å². The van der Waals surface area contributed by atoms with Crippen LogP contribution in [0.1, 0.15) is 0 Å². The van der Waals surface area contributed by atoms with Crippen molar-refractivity contribution in [1.29, 1.82) is 0 Å². The molecule has 0 saturated heterocycles. The summed E-state index contributed by atoms with van der Waals surface area (Å²) in [5, 5.41) is 12.0. The fourth-order valence-corrected chi connectivity index (χ4v) is 2.18. The molecule has 0 amide bonds. The molecule has 1 aromatic carbocycles. The zero-order valence-electron chi connectivity index (χ0n) is 11.1. The maximum absolute atomic E-state index is 4.44. The molecule has 0 spiro atoms. The average molecular weight is 276 g/mol. The van der Waals surface area contributed by atoms with Crippen molar-refractivity contribution in [2.45, 2.75) is 0 Å². The summed E-state index contributed by atoms with van der Waals surface area (Å²) in [6.07, 6.45) is 7.22. The smallest absolute Gasteiger partial charge is 0.153 e. The van der Waals surface area contributed by atoms with Gasteiger partial charge in [-0.2, -0.15) is 5.10 Å². The third kappa shape index (κ3) is 2.23. The van der Waals surface area contributed by atoms with Gasteiger partial charge in [-0.15, -0.1) is 5.10 Å². The maximum Gasteiger partial charge on any atom is 0.153 e. The van der Waals surface area contributed by atoms with Gasteiger partial charge in [0, 0.05) is 30.5 Å². The molecular weight excluding hydrogens is 264 g/mol. The van der Waals surface area contributed by atoms with Crippen LogP contribution in [0.2, 0.25) is 0 Å². The summed E-state index contributed by atoms with van der Waals surface area (Å²) in [5.74, 6) is 0.762. The topological polar surface area (TPSA) is 60.0 Å². The van der Waals surface area contributed by atoms with Crippen molar-refractivity contribution in [3.63, 3.8) is 0 Å². The predicted molar refractivity (Wildman–Crippen MR) is 79.8 cm³/mol. The Labute approximate surface area is 120 Å². The molecule has 6 nitrogen and oxygen atoms in total. The van der Waals surface area contributed by atoms with Gasteiger partial charge in [0.05, 0.1) is 5.69 Å². The molecule has 0 bridgehead atoms. The average Bonchev–Trinajstić information content (AvgIpc) is 3.18. The Morgan fingerprint density at radius 1 is 0.952 bits per heavy atom. The molecule has 0 aliphatic heterocycles. The molecule has 4 rings (SSSR count). The van der Waals surface area contributed by atoms with E-state index in [2.05, 4.69) is 20.5 Å². The van der Waals surface area contributed by atoms with Crippen molar-refractivity contribution in [1.82, 2.24) is 24.4 Å². The first kappa shape index (κ1) is 11.7. The molecule has 0 aliphatic carbocycles. The number of benzene rings is 1. The first-order chi connectivity index (χ1) is 10.4. The summed E-state index contributed by atoms with van der Waals surface area (Å²) in [6, 6.07) is 13.7. The van der Waals surface area contributed by atoms with Crippen molar-refractivity contribution in [3.8, 4) is 5.69 Å². The molecule has 0 aliphatic rings. The lowest BCUT2D eigenvalue weighted by atomic mass is 10.3. The van der Waals surface area contributed by atoms with Crippen LogP contribution in [0.3, 0.4) is 0 Å². The zero-order valence-corrected chi connectivity index (χ0v) is 11.1. The number of imidazole rings is 1. The lowest BCUT2D eigenvalue weighted by Crippen LogP contribution is -2.00. The Balaban J connectivity index is 1.66. The fraction of sp³-hybridized carbons (Fsp3) is 0. The van der Waals surface area contributed by atoms with Crippen LogP contribution < -0.4 is 5.32 Å². The van der Waals surface area contributed by atoms with Gasteiger partial charge in [-0.25, -0.2) is 14.2 Å². The van der Waals surface area contributed by atoms with Crippen molar-refractivity contribution in [3.05, 3.63) is 67.3 Å². The fourth-order valence-electron chi connectivity index (χ4n) is 2.18. The van der Waals surface area contributed by atoms with Crippen molar-refractivity contribution >= 4 is 17.2 Å². The molecule has 21 heavy (non-hydrogen) atoms. The van der Waals surface area contributed by atoms with Gasteiger partial charge in [-0.1, -0.05) is 6.07 Å². The van der Waals surface area contributed by atoms with Crippen molar-refractivity contribution in [2.24, 2.45) is 0 Å². The zero-order chi connectivity index (χ0) is 14.1. The van der Waals surface area contributed by atoms with Gasteiger partial charge in [0.2, 0.25) is 0 Å². The summed E-state index contributed by atoms with van der Waals surface area (Å²) in [4.78, 5) is 4.18. The quantitative estimate of drug-likeness (QED) is 0.625. The van der Waals surface area contributed by atoms with Gasteiger partial charge in [-0.3, -0.25) is 0 Å². The Bertz CT molecular complexity index is 878. The molecule has 6 heteroatoms. The van der Waals surface area contributed by atoms with E-state index in [4.69, 9.17) is 0 Å². The Hall–Kier alpha value is -3.15. The third-order valence-corrected chi connectivity index (χ3v) is 3.14. The van der Waals surface area contributed by atoms with Gasteiger partial charge in [0.1, 0.15) is 0 Å². The number of nitrogens with zero attached hydrogens (tertiary/aromatic N) is 5. The molecule has 0 unspecified atom stereocenters. The Morgan fingerprint density at radius 3 is 2.86 bits per heavy atom. The molecule has 3 aromatic heterocycles. The summed E-state index contributed by atoms with van der Waals surface area (Å²) in [5.41, 5.74) is 2.77. The number of fused-ring (bicyclic) bond motifs is 1. The van der Waals surface area contributed by atoms with Crippen LogP contribution in [0.5, 0.6) is 0 Å². The Kier molecular flexibility index (Phi) is 2.64. The molecule has 0 fully saturated rings. The van der Waals surface area contributed by atoms with Crippen LogP contribution >= 0.6 is 0 Å². The first-order valence-corrected chi connectivity index (χ1v) is 6.56. The summed E-state index contributed by atoms with van der Waals surface area (Å²) in [7, 11) is 0. The molecule has 102 valence electrons.